The molecule has 1 aromatic rings. The van der Waals surface area contributed by atoms with Gasteiger partial charge in [0.1, 0.15) is 11.6 Å². The Kier molecular flexibility index (Phi) is 6.30. The SMILES string of the molecule is CC(NC(=O)/C(C#N)=C\NCC1CCCO1)c1ccc2c(c1)CCCC2. The van der Waals surface area contributed by atoms with E-state index in [0.717, 1.165) is 37.9 Å². The normalized spacial score (nSPS) is 20.8. The fourth-order valence-electron chi connectivity index (χ4n) is 3.63. The van der Waals surface area contributed by atoms with Crippen LogP contribution < -0.4 is 10.6 Å². The molecule has 2 N–H and O–H groups in total. The van der Waals surface area contributed by atoms with E-state index in [2.05, 4.69) is 28.8 Å². The summed E-state index contributed by atoms with van der Waals surface area (Å²) >= 11 is 0. The molecule has 0 aromatic heterocycles. The average Bonchev–Trinajstić information content (AvgIpc) is 3.18. The summed E-state index contributed by atoms with van der Waals surface area (Å²) in [5.74, 6) is -0.349. The van der Waals surface area contributed by atoms with Crippen LogP contribution in [0.25, 0.3) is 0 Å². The summed E-state index contributed by atoms with van der Waals surface area (Å²) in [6.45, 7) is 3.37. The molecule has 1 saturated heterocycles. The van der Waals surface area contributed by atoms with Gasteiger partial charge in [-0.3, -0.25) is 4.79 Å². The average molecular weight is 353 g/mol. The molecule has 0 bridgehead atoms. The van der Waals surface area contributed by atoms with Crippen molar-refractivity contribution in [1.29, 1.82) is 5.26 Å². The van der Waals surface area contributed by atoms with Crippen LogP contribution in [-0.4, -0.2) is 25.2 Å². The molecule has 0 spiro atoms. The molecule has 3 rings (SSSR count). The van der Waals surface area contributed by atoms with Gasteiger partial charge in [-0.15, -0.1) is 0 Å². The molecule has 0 radical (unpaired) electrons. The van der Waals surface area contributed by atoms with Crippen molar-refractivity contribution >= 4 is 5.91 Å². The number of benzene rings is 1. The zero-order valence-electron chi connectivity index (χ0n) is 15.4. The first-order valence-corrected chi connectivity index (χ1v) is 9.55. The van der Waals surface area contributed by atoms with Crippen LogP contribution in [0.5, 0.6) is 0 Å². The Labute approximate surface area is 155 Å². The topological polar surface area (TPSA) is 74.2 Å². The second-order valence-electron chi connectivity index (χ2n) is 7.14. The Morgan fingerprint density at radius 1 is 1.35 bits per heavy atom. The van der Waals surface area contributed by atoms with Crippen LogP contribution in [0.15, 0.2) is 30.0 Å². The summed E-state index contributed by atoms with van der Waals surface area (Å²) in [5, 5.41) is 15.3. The molecule has 2 unspecified atom stereocenters. The van der Waals surface area contributed by atoms with Crippen LogP contribution in [0.4, 0.5) is 0 Å². The summed E-state index contributed by atoms with van der Waals surface area (Å²) < 4.78 is 5.52. The summed E-state index contributed by atoms with van der Waals surface area (Å²) in [7, 11) is 0. The Morgan fingerprint density at radius 2 is 2.15 bits per heavy atom. The van der Waals surface area contributed by atoms with E-state index in [4.69, 9.17) is 4.74 Å². The Balaban J connectivity index is 1.57. The van der Waals surface area contributed by atoms with Gasteiger partial charge < -0.3 is 15.4 Å². The van der Waals surface area contributed by atoms with E-state index in [1.54, 1.807) is 0 Å². The Morgan fingerprint density at radius 3 is 2.88 bits per heavy atom. The summed E-state index contributed by atoms with van der Waals surface area (Å²) in [5.41, 5.74) is 4.00. The van der Waals surface area contributed by atoms with Crippen LogP contribution in [0.1, 0.15) is 55.3 Å². The van der Waals surface area contributed by atoms with Crippen molar-refractivity contribution in [2.75, 3.05) is 13.2 Å². The second kappa shape index (κ2) is 8.86. The lowest BCUT2D eigenvalue weighted by atomic mass is 9.89. The van der Waals surface area contributed by atoms with Gasteiger partial charge in [0.2, 0.25) is 0 Å². The number of hydrogen-bond acceptors (Lipinski definition) is 4. The smallest absolute Gasteiger partial charge is 0.263 e. The highest BCUT2D eigenvalue weighted by atomic mass is 16.5. The zero-order valence-corrected chi connectivity index (χ0v) is 15.4. The molecule has 1 fully saturated rings. The fourth-order valence-corrected chi connectivity index (χ4v) is 3.63. The maximum absolute atomic E-state index is 12.4. The number of rotatable bonds is 6. The first-order valence-electron chi connectivity index (χ1n) is 9.55. The highest BCUT2D eigenvalue weighted by Gasteiger charge is 2.17. The van der Waals surface area contributed by atoms with Gasteiger partial charge in [0.25, 0.3) is 5.91 Å². The van der Waals surface area contributed by atoms with E-state index in [9.17, 15) is 10.1 Å². The molecular weight excluding hydrogens is 326 g/mol. The van der Waals surface area contributed by atoms with Crippen LogP contribution in [0.3, 0.4) is 0 Å². The number of nitriles is 1. The maximum Gasteiger partial charge on any atom is 0.263 e. The minimum Gasteiger partial charge on any atom is -0.387 e. The predicted octanol–water partition coefficient (Wildman–Crippen LogP) is 2.92. The number of amides is 1. The quantitative estimate of drug-likeness (QED) is 0.609. The molecule has 1 aromatic carbocycles. The number of ether oxygens (including phenoxy) is 1. The van der Waals surface area contributed by atoms with Gasteiger partial charge >= 0.3 is 0 Å². The molecular formula is C21H27N3O2. The van der Waals surface area contributed by atoms with E-state index in [0.29, 0.717) is 6.54 Å². The number of nitrogens with one attached hydrogen (secondary N) is 2. The van der Waals surface area contributed by atoms with Crippen LogP contribution in [-0.2, 0) is 22.4 Å². The summed E-state index contributed by atoms with van der Waals surface area (Å²) in [6.07, 6.45) is 8.50. The third kappa shape index (κ3) is 4.64. The lowest BCUT2D eigenvalue weighted by Crippen LogP contribution is -2.29. The third-order valence-electron chi connectivity index (χ3n) is 5.20. The number of hydrogen-bond donors (Lipinski definition) is 2. The van der Waals surface area contributed by atoms with Crippen molar-refractivity contribution in [1.82, 2.24) is 10.6 Å². The molecule has 5 nitrogen and oxygen atoms in total. The van der Waals surface area contributed by atoms with Crippen LogP contribution >= 0.6 is 0 Å². The molecule has 1 amide bonds. The van der Waals surface area contributed by atoms with E-state index < -0.39 is 0 Å². The molecule has 0 saturated carbocycles. The summed E-state index contributed by atoms with van der Waals surface area (Å²) in [4.78, 5) is 12.4. The standard InChI is InChI=1S/C21H27N3O2/c1-15(17-9-8-16-5-2-3-6-18(16)11-17)24-21(25)19(12-22)13-23-14-20-7-4-10-26-20/h8-9,11,13,15,20,23H,2-7,10,14H2,1H3,(H,24,25)/b19-13-. The van der Waals surface area contributed by atoms with Crippen molar-refractivity contribution in [3.05, 3.63) is 46.7 Å². The lowest BCUT2D eigenvalue weighted by molar-refractivity contribution is -0.117. The van der Waals surface area contributed by atoms with Crippen molar-refractivity contribution in [2.24, 2.45) is 0 Å². The monoisotopic (exact) mass is 353 g/mol. The van der Waals surface area contributed by atoms with Gasteiger partial charge in [-0.05, 0) is 62.1 Å². The minimum absolute atomic E-state index is 0.0906. The van der Waals surface area contributed by atoms with Crippen molar-refractivity contribution < 1.29 is 9.53 Å². The summed E-state index contributed by atoms with van der Waals surface area (Å²) in [6, 6.07) is 8.31. The van der Waals surface area contributed by atoms with E-state index in [1.165, 1.54) is 30.2 Å². The molecule has 138 valence electrons. The molecule has 26 heavy (non-hydrogen) atoms. The number of aryl methyl sites for hydroxylation is 2. The largest absolute Gasteiger partial charge is 0.387 e. The highest BCUT2D eigenvalue weighted by molar-refractivity contribution is 5.97. The second-order valence-corrected chi connectivity index (χ2v) is 7.14. The van der Waals surface area contributed by atoms with Gasteiger partial charge in [0, 0.05) is 19.4 Å². The number of nitrogens with zero attached hydrogens (tertiary/aromatic N) is 1. The van der Waals surface area contributed by atoms with Gasteiger partial charge in [-0.2, -0.15) is 5.26 Å². The van der Waals surface area contributed by atoms with E-state index in [-0.39, 0.29) is 23.6 Å². The minimum atomic E-state index is -0.349. The molecule has 1 aliphatic heterocycles. The molecule has 1 aliphatic carbocycles. The Hall–Kier alpha value is -2.32. The molecule has 5 heteroatoms. The van der Waals surface area contributed by atoms with Crippen molar-refractivity contribution in [3.63, 3.8) is 0 Å². The van der Waals surface area contributed by atoms with Gasteiger partial charge in [0.05, 0.1) is 12.1 Å². The van der Waals surface area contributed by atoms with Crippen LogP contribution in [0, 0.1) is 11.3 Å². The first kappa shape index (κ1) is 18.5. The number of carbonyl (C=O) groups is 1. The highest BCUT2D eigenvalue weighted by Crippen LogP contribution is 2.24. The molecule has 2 atom stereocenters. The van der Waals surface area contributed by atoms with E-state index in [1.807, 2.05) is 13.0 Å². The Bertz CT molecular complexity index is 714. The van der Waals surface area contributed by atoms with Gasteiger partial charge in [-0.1, -0.05) is 18.2 Å². The molecule has 1 heterocycles. The third-order valence-corrected chi connectivity index (χ3v) is 5.20. The maximum atomic E-state index is 12.4. The number of carbonyl (C=O) groups excluding carboxylic acids is 1. The lowest BCUT2D eigenvalue weighted by Gasteiger charge is -2.20. The first-order chi connectivity index (χ1) is 12.7. The number of fused-ring (bicyclic) bond motifs is 1. The van der Waals surface area contributed by atoms with Crippen molar-refractivity contribution in [2.45, 2.75) is 57.6 Å². The fraction of sp³-hybridized carbons (Fsp3) is 0.524. The van der Waals surface area contributed by atoms with Gasteiger partial charge in [0.15, 0.2) is 0 Å². The van der Waals surface area contributed by atoms with Crippen molar-refractivity contribution in [3.8, 4) is 6.07 Å². The zero-order chi connectivity index (χ0) is 18.4. The van der Waals surface area contributed by atoms with Gasteiger partial charge in [-0.25, -0.2) is 0 Å². The molecule has 2 aliphatic rings. The predicted molar refractivity (Wildman–Crippen MR) is 100 cm³/mol. The van der Waals surface area contributed by atoms with E-state index >= 15 is 0 Å². The van der Waals surface area contributed by atoms with Crippen LogP contribution in [0.2, 0.25) is 0 Å².